The van der Waals surface area contributed by atoms with Crippen LogP contribution in [0.1, 0.15) is 81.3 Å². The second-order valence-corrected chi connectivity index (χ2v) is 8.06. The third-order valence-electron chi connectivity index (χ3n) is 6.58. The Labute approximate surface area is 156 Å². The van der Waals surface area contributed by atoms with E-state index in [1.54, 1.807) is 7.11 Å². The molecule has 1 spiro atoms. The van der Waals surface area contributed by atoms with Crippen LogP contribution < -0.4 is 4.74 Å². The van der Waals surface area contributed by atoms with Gasteiger partial charge in [0.05, 0.1) is 20.3 Å². The van der Waals surface area contributed by atoms with Crippen molar-refractivity contribution in [2.75, 3.05) is 20.3 Å². The molecule has 0 radical (unpaired) electrons. The highest BCUT2D eigenvalue weighted by Crippen LogP contribution is 2.63. The minimum Gasteiger partial charge on any atom is -0.496 e. The molecule has 1 N–H and O–H groups in total. The molecule has 1 aromatic carbocycles. The molecule has 4 heteroatoms. The predicted molar refractivity (Wildman–Crippen MR) is 100 cm³/mol. The first-order valence-electron chi connectivity index (χ1n) is 10.4. The fourth-order valence-electron chi connectivity index (χ4n) is 5.28. The molecule has 1 aliphatic heterocycles. The van der Waals surface area contributed by atoms with E-state index in [-0.39, 0.29) is 5.92 Å². The third kappa shape index (κ3) is 2.78. The van der Waals surface area contributed by atoms with Gasteiger partial charge >= 0.3 is 0 Å². The molecule has 4 nitrogen and oxygen atoms in total. The van der Waals surface area contributed by atoms with E-state index in [0.29, 0.717) is 13.2 Å². The van der Waals surface area contributed by atoms with Crippen molar-refractivity contribution >= 4 is 0 Å². The number of fused-ring (bicyclic) bond motifs is 5. The highest BCUT2D eigenvalue weighted by Gasteiger charge is 2.66. The molecule has 1 saturated carbocycles. The van der Waals surface area contributed by atoms with Crippen LogP contribution in [-0.4, -0.2) is 31.2 Å². The van der Waals surface area contributed by atoms with Gasteiger partial charge in [0.15, 0.2) is 5.60 Å². The summed E-state index contributed by atoms with van der Waals surface area (Å²) < 4.78 is 18.2. The van der Waals surface area contributed by atoms with Crippen LogP contribution in [0.4, 0.5) is 0 Å². The van der Waals surface area contributed by atoms with Crippen molar-refractivity contribution in [3.8, 4) is 5.75 Å². The summed E-state index contributed by atoms with van der Waals surface area (Å²) in [5.41, 5.74) is 0.988. The molecule has 1 aromatic rings. The third-order valence-corrected chi connectivity index (χ3v) is 6.58. The van der Waals surface area contributed by atoms with Gasteiger partial charge in [-0.25, -0.2) is 0 Å². The van der Waals surface area contributed by atoms with Crippen LogP contribution in [-0.2, 0) is 15.1 Å². The van der Waals surface area contributed by atoms with E-state index in [2.05, 4.69) is 6.07 Å². The number of benzene rings is 1. The number of hydrogen-bond donors (Lipinski definition) is 1. The topological polar surface area (TPSA) is 47.9 Å². The SMILES string of the molecule is COc1cccc2c1[C@@]1(O)[C@@H]2CCCCCCCCCC12OCCCO2. The quantitative estimate of drug-likeness (QED) is 0.793. The van der Waals surface area contributed by atoms with E-state index >= 15 is 0 Å². The van der Waals surface area contributed by atoms with E-state index in [4.69, 9.17) is 14.2 Å². The minimum atomic E-state index is -1.12. The van der Waals surface area contributed by atoms with Gasteiger partial charge in [-0.2, -0.15) is 0 Å². The lowest BCUT2D eigenvalue weighted by atomic mass is 9.57. The summed E-state index contributed by atoms with van der Waals surface area (Å²) in [5.74, 6) is -0.118. The Kier molecular flexibility index (Phi) is 5.27. The second kappa shape index (κ2) is 7.49. The normalized spacial score (nSPS) is 31.7. The molecular formula is C22H32O4. The maximum atomic E-state index is 12.1. The average Bonchev–Trinajstić information content (AvgIpc) is 2.68. The van der Waals surface area contributed by atoms with Gasteiger partial charge < -0.3 is 19.3 Å². The standard InChI is InChI=1S/C22H32O4/c1-24-19-13-9-11-17-18-12-7-5-3-2-4-6-8-14-21(22(18,23)20(17)19)25-15-10-16-26-21/h9,11,13,18,23H,2-8,10,12,14-16H2,1H3/t18-,22+/m1/s1. The summed E-state index contributed by atoms with van der Waals surface area (Å²) in [6, 6.07) is 6.11. The van der Waals surface area contributed by atoms with Crippen LogP contribution in [0.2, 0.25) is 0 Å². The van der Waals surface area contributed by atoms with Crippen LogP contribution >= 0.6 is 0 Å². The Bertz CT molecular complexity index is 623. The van der Waals surface area contributed by atoms with Crippen LogP contribution in [0.5, 0.6) is 5.75 Å². The van der Waals surface area contributed by atoms with E-state index in [1.807, 2.05) is 12.1 Å². The van der Waals surface area contributed by atoms with Crippen molar-refractivity contribution in [2.45, 2.75) is 81.5 Å². The fraction of sp³-hybridized carbons (Fsp3) is 0.727. The Morgan fingerprint density at radius 2 is 1.65 bits per heavy atom. The van der Waals surface area contributed by atoms with Crippen molar-refractivity contribution in [2.24, 2.45) is 0 Å². The van der Waals surface area contributed by atoms with Gasteiger partial charge in [0.2, 0.25) is 5.79 Å². The highest BCUT2D eigenvalue weighted by molar-refractivity contribution is 5.57. The molecule has 0 amide bonds. The Balaban J connectivity index is 1.77. The van der Waals surface area contributed by atoms with Gasteiger partial charge in [0, 0.05) is 17.9 Å². The van der Waals surface area contributed by atoms with Crippen molar-refractivity contribution in [3.63, 3.8) is 0 Å². The monoisotopic (exact) mass is 360 g/mol. The Morgan fingerprint density at radius 1 is 0.962 bits per heavy atom. The van der Waals surface area contributed by atoms with Crippen LogP contribution in [0.3, 0.4) is 0 Å². The largest absolute Gasteiger partial charge is 0.496 e. The van der Waals surface area contributed by atoms with Gasteiger partial charge in [-0.3, -0.25) is 0 Å². The van der Waals surface area contributed by atoms with Gasteiger partial charge in [0.1, 0.15) is 5.75 Å². The number of hydrogen-bond acceptors (Lipinski definition) is 4. The molecule has 1 heterocycles. The summed E-state index contributed by atoms with van der Waals surface area (Å²) in [6.45, 7) is 1.30. The molecule has 1 saturated heterocycles. The van der Waals surface area contributed by atoms with Gasteiger partial charge in [-0.15, -0.1) is 0 Å². The number of methoxy groups -OCH3 is 1. The average molecular weight is 360 g/mol. The Morgan fingerprint density at radius 3 is 2.38 bits per heavy atom. The summed E-state index contributed by atoms with van der Waals surface area (Å²) in [5, 5.41) is 12.1. The van der Waals surface area contributed by atoms with E-state index in [9.17, 15) is 5.11 Å². The maximum Gasteiger partial charge on any atom is 0.202 e. The molecule has 26 heavy (non-hydrogen) atoms. The first kappa shape index (κ1) is 18.3. The van der Waals surface area contributed by atoms with Crippen molar-refractivity contribution in [1.82, 2.24) is 0 Å². The molecule has 4 rings (SSSR count). The zero-order valence-electron chi connectivity index (χ0n) is 16.0. The van der Waals surface area contributed by atoms with Gasteiger partial charge in [-0.1, -0.05) is 50.7 Å². The second-order valence-electron chi connectivity index (χ2n) is 8.06. The first-order chi connectivity index (χ1) is 12.7. The molecule has 3 aliphatic rings. The van der Waals surface area contributed by atoms with Crippen molar-refractivity contribution in [3.05, 3.63) is 29.3 Å². The summed E-state index contributed by atoms with van der Waals surface area (Å²) >= 11 is 0. The van der Waals surface area contributed by atoms with Gasteiger partial charge in [0.25, 0.3) is 0 Å². The number of rotatable bonds is 1. The smallest absolute Gasteiger partial charge is 0.202 e. The summed E-state index contributed by atoms with van der Waals surface area (Å²) in [6.07, 6.45) is 11.1. The minimum absolute atomic E-state index is 0.0603. The highest BCUT2D eigenvalue weighted by atomic mass is 16.7. The molecule has 2 fully saturated rings. The zero-order valence-corrected chi connectivity index (χ0v) is 16.0. The predicted octanol–water partition coefficient (Wildman–Crippen LogP) is 4.64. The lowest BCUT2D eigenvalue weighted by Gasteiger charge is -2.58. The van der Waals surface area contributed by atoms with Crippen LogP contribution in [0.15, 0.2) is 18.2 Å². The summed E-state index contributed by atoms with van der Waals surface area (Å²) in [7, 11) is 1.68. The lowest BCUT2D eigenvalue weighted by Crippen LogP contribution is -2.64. The van der Waals surface area contributed by atoms with E-state index in [0.717, 1.165) is 43.4 Å². The lowest BCUT2D eigenvalue weighted by molar-refractivity contribution is -0.364. The molecule has 0 bridgehead atoms. The first-order valence-corrected chi connectivity index (χ1v) is 10.4. The zero-order chi connectivity index (χ0) is 18.0. The van der Waals surface area contributed by atoms with Gasteiger partial charge in [-0.05, 0) is 30.9 Å². The molecular weight excluding hydrogens is 328 g/mol. The molecule has 0 unspecified atom stereocenters. The number of ether oxygens (including phenoxy) is 3. The maximum absolute atomic E-state index is 12.1. The molecule has 2 aliphatic carbocycles. The van der Waals surface area contributed by atoms with E-state index in [1.165, 1.54) is 37.7 Å². The number of aliphatic hydroxyl groups is 1. The molecule has 2 atom stereocenters. The Hall–Kier alpha value is -1.10. The molecule has 144 valence electrons. The van der Waals surface area contributed by atoms with Crippen LogP contribution in [0, 0.1) is 0 Å². The summed E-state index contributed by atoms with van der Waals surface area (Å²) in [4.78, 5) is 0. The van der Waals surface area contributed by atoms with Crippen molar-refractivity contribution < 1.29 is 19.3 Å². The van der Waals surface area contributed by atoms with Crippen LogP contribution in [0.25, 0.3) is 0 Å². The van der Waals surface area contributed by atoms with Crippen molar-refractivity contribution in [1.29, 1.82) is 0 Å². The van der Waals surface area contributed by atoms with E-state index < -0.39 is 11.4 Å². The molecule has 0 aromatic heterocycles. The fourth-order valence-corrected chi connectivity index (χ4v) is 5.28.